The van der Waals surface area contributed by atoms with Gasteiger partial charge in [-0.3, -0.25) is 4.79 Å². The largest absolute Gasteiger partial charge is 0.351 e. The minimum absolute atomic E-state index is 0. The van der Waals surface area contributed by atoms with Crippen molar-refractivity contribution in [1.29, 1.82) is 0 Å². The maximum atomic E-state index is 12.8. The van der Waals surface area contributed by atoms with Crippen LogP contribution in [-0.4, -0.2) is 37.1 Å². The highest BCUT2D eigenvalue weighted by molar-refractivity contribution is 5.87. The molecule has 3 atom stereocenters. The van der Waals surface area contributed by atoms with Crippen LogP contribution in [0.25, 0.3) is 0 Å². The van der Waals surface area contributed by atoms with Crippen LogP contribution in [0.5, 0.6) is 0 Å². The maximum Gasteiger partial charge on any atom is 0.315 e. The zero-order chi connectivity index (χ0) is 19.8. The number of benzene rings is 1. The lowest BCUT2D eigenvalue weighted by molar-refractivity contribution is -0.124. The average molecular weight is 411 g/mol. The molecule has 0 spiro atoms. The van der Waals surface area contributed by atoms with Crippen molar-refractivity contribution in [2.75, 3.05) is 13.1 Å². The van der Waals surface area contributed by atoms with Crippen LogP contribution in [0, 0.1) is 18.8 Å². The molecule has 1 heterocycles. The van der Waals surface area contributed by atoms with Gasteiger partial charge in [0.15, 0.2) is 0 Å². The van der Waals surface area contributed by atoms with Crippen molar-refractivity contribution in [3.8, 4) is 0 Å². The predicted molar refractivity (Wildman–Crippen MR) is 116 cm³/mol. The number of amides is 3. The summed E-state index contributed by atoms with van der Waals surface area (Å²) in [6.45, 7) is 10.5. The molecular formula is C21H35ClN4O2. The minimum atomic E-state index is -0.523. The van der Waals surface area contributed by atoms with Gasteiger partial charge in [-0.2, -0.15) is 0 Å². The quantitative estimate of drug-likeness (QED) is 0.557. The first-order valence-electron chi connectivity index (χ1n) is 9.96. The number of hydrogen-bond donors (Lipinski definition) is 4. The second-order valence-corrected chi connectivity index (χ2v) is 8.08. The number of carbonyl (C=O) groups is 2. The zero-order valence-electron chi connectivity index (χ0n) is 17.4. The van der Waals surface area contributed by atoms with E-state index in [2.05, 4.69) is 42.0 Å². The second kappa shape index (κ2) is 11.9. The molecule has 1 fully saturated rings. The number of rotatable bonds is 7. The smallest absolute Gasteiger partial charge is 0.315 e. The van der Waals surface area contributed by atoms with Gasteiger partial charge in [0.25, 0.3) is 0 Å². The summed E-state index contributed by atoms with van der Waals surface area (Å²) in [5.41, 5.74) is 2.22. The van der Waals surface area contributed by atoms with Crippen LogP contribution < -0.4 is 21.3 Å². The van der Waals surface area contributed by atoms with Gasteiger partial charge in [0.2, 0.25) is 5.91 Å². The molecule has 0 bridgehead atoms. The van der Waals surface area contributed by atoms with E-state index < -0.39 is 6.04 Å². The van der Waals surface area contributed by atoms with E-state index in [4.69, 9.17) is 0 Å². The van der Waals surface area contributed by atoms with Gasteiger partial charge in [-0.1, -0.05) is 50.6 Å². The number of piperidine rings is 1. The van der Waals surface area contributed by atoms with E-state index in [-0.39, 0.29) is 30.4 Å². The number of halogens is 1. The average Bonchev–Trinajstić information content (AvgIpc) is 2.62. The third kappa shape index (κ3) is 8.07. The molecule has 1 aromatic rings. The first-order valence-corrected chi connectivity index (χ1v) is 9.96. The second-order valence-electron chi connectivity index (χ2n) is 8.08. The Labute approximate surface area is 175 Å². The van der Waals surface area contributed by atoms with Gasteiger partial charge in [0.05, 0.1) is 0 Å². The van der Waals surface area contributed by atoms with E-state index >= 15 is 0 Å². The molecule has 1 aliphatic heterocycles. The summed E-state index contributed by atoms with van der Waals surface area (Å²) in [7, 11) is 0. The maximum absolute atomic E-state index is 12.8. The van der Waals surface area contributed by atoms with Gasteiger partial charge in [0, 0.05) is 12.6 Å². The first kappa shape index (κ1) is 24.2. The lowest BCUT2D eigenvalue weighted by atomic mass is 9.94. The number of urea groups is 1. The van der Waals surface area contributed by atoms with Gasteiger partial charge < -0.3 is 21.3 Å². The summed E-state index contributed by atoms with van der Waals surface area (Å²) >= 11 is 0. The molecule has 4 N–H and O–H groups in total. The SMILES string of the molecule is Cc1ccc(CNC(=O)NC(CC(C)C)C(=O)NC2CCNCC2C)cc1.Cl. The summed E-state index contributed by atoms with van der Waals surface area (Å²) in [5, 5.41) is 12.2. The molecule has 3 unspecified atom stereocenters. The van der Waals surface area contributed by atoms with Crippen molar-refractivity contribution < 1.29 is 9.59 Å². The molecule has 2 rings (SSSR count). The molecule has 0 saturated carbocycles. The molecule has 3 amide bonds. The van der Waals surface area contributed by atoms with Crippen molar-refractivity contribution in [3.63, 3.8) is 0 Å². The Hall–Kier alpha value is -1.79. The van der Waals surface area contributed by atoms with E-state index in [0.29, 0.717) is 24.8 Å². The third-order valence-corrected chi connectivity index (χ3v) is 5.02. The number of aryl methyl sites for hydroxylation is 1. The van der Waals surface area contributed by atoms with Crippen LogP contribution in [0.4, 0.5) is 4.79 Å². The summed E-state index contributed by atoms with van der Waals surface area (Å²) < 4.78 is 0. The lowest BCUT2D eigenvalue weighted by Gasteiger charge is -2.32. The van der Waals surface area contributed by atoms with E-state index in [9.17, 15) is 9.59 Å². The third-order valence-electron chi connectivity index (χ3n) is 5.02. The fourth-order valence-electron chi connectivity index (χ4n) is 3.31. The fourth-order valence-corrected chi connectivity index (χ4v) is 3.31. The molecule has 1 aliphatic rings. The molecule has 6 nitrogen and oxygen atoms in total. The van der Waals surface area contributed by atoms with E-state index in [1.165, 1.54) is 5.56 Å². The Morgan fingerprint density at radius 3 is 2.50 bits per heavy atom. The fraction of sp³-hybridized carbons (Fsp3) is 0.619. The van der Waals surface area contributed by atoms with Crippen LogP contribution in [0.15, 0.2) is 24.3 Å². The summed E-state index contributed by atoms with van der Waals surface area (Å²) in [6.07, 6.45) is 1.53. The van der Waals surface area contributed by atoms with Crippen LogP contribution in [-0.2, 0) is 11.3 Å². The van der Waals surface area contributed by atoms with Crippen LogP contribution >= 0.6 is 12.4 Å². The molecule has 1 aromatic carbocycles. The lowest BCUT2D eigenvalue weighted by Crippen LogP contribution is -2.55. The zero-order valence-corrected chi connectivity index (χ0v) is 18.2. The molecule has 28 heavy (non-hydrogen) atoms. The molecule has 0 radical (unpaired) electrons. The van der Waals surface area contributed by atoms with E-state index in [1.54, 1.807) is 0 Å². The minimum Gasteiger partial charge on any atom is -0.351 e. The van der Waals surface area contributed by atoms with Crippen molar-refractivity contribution in [3.05, 3.63) is 35.4 Å². The van der Waals surface area contributed by atoms with Crippen LogP contribution in [0.1, 0.15) is 44.7 Å². The van der Waals surface area contributed by atoms with E-state index in [0.717, 1.165) is 25.1 Å². The molecule has 0 aromatic heterocycles. The van der Waals surface area contributed by atoms with Gasteiger partial charge in [-0.25, -0.2) is 4.79 Å². The van der Waals surface area contributed by atoms with Crippen molar-refractivity contribution in [2.24, 2.45) is 11.8 Å². The Balaban J connectivity index is 0.00000392. The Morgan fingerprint density at radius 2 is 1.89 bits per heavy atom. The van der Waals surface area contributed by atoms with Crippen molar-refractivity contribution in [2.45, 2.75) is 59.2 Å². The molecule has 158 valence electrons. The summed E-state index contributed by atoms with van der Waals surface area (Å²) in [4.78, 5) is 25.1. The van der Waals surface area contributed by atoms with Gasteiger partial charge >= 0.3 is 6.03 Å². The Bertz CT molecular complexity index is 621. The van der Waals surface area contributed by atoms with Crippen LogP contribution in [0.2, 0.25) is 0 Å². The molecular weight excluding hydrogens is 376 g/mol. The monoisotopic (exact) mass is 410 g/mol. The number of nitrogens with one attached hydrogen (secondary N) is 4. The molecule has 0 aliphatic carbocycles. The Kier molecular flexibility index (Phi) is 10.3. The van der Waals surface area contributed by atoms with E-state index in [1.807, 2.05) is 31.2 Å². The van der Waals surface area contributed by atoms with Gasteiger partial charge in [-0.15, -0.1) is 12.4 Å². The standard InChI is InChI=1S/C21H34N4O2.ClH/c1-14(2)11-19(20(26)24-18-9-10-22-12-16(18)4)25-21(27)23-13-17-7-5-15(3)6-8-17;/h5-8,14,16,18-19,22H,9-13H2,1-4H3,(H,24,26)(H2,23,25,27);1H. The topological polar surface area (TPSA) is 82.3 Å². The highest BCUT2D eigenvalue weighted by Gasteiger charge is 2.27. The normalized spacial score (nSPS) is 20.0. The van der Waals surface area contributed by atoms with Crippen molar-refractivity contribution >= 4 is 24.3 Å². The van der Waals surface area contributed by atoms with Crippen molar-refractivity contribution in [1.82, 2.24) is 21.3 Å². The summed E-state index contributed by atoms with van der Waals surface area (Å²) in [6, 6.07) is 7.35. The van der Waals surface area contributed by atoms with Gasteiger partial charge in [-0.05, 0) is 50.3 Å². The molecule has 1 saturated heterocycles. The molecule has 7 heteroatoms. The summed E-state index contributed by atoms with van der Waals surface area (Å²) in [5.74, 6) is 0.606. The Morgan fingerprint density at radius 1 is 1.21 bits per heavy atom. The first-order chi connectivity index (χ1) is 12.8. The number of carbonyl (C=O) groups excluding carboxylic acids is 2. The highest BCUT2D eigenvalue weighted by Crippen LogP contribution is 2.12. The van der Waals surface area contributed by atoms with Crippen LogP contribution in [0.3, 0.4) is 0 Å². The highest BCUT2D eigenvalue weighted by atomic mass is 35.5. The van der Waals surface area contributed by atoms with Gasteiger partial charge in [0.1, 0.15) is 6.04 Å². The number of hydrogen-bond acceptors (Lipinski definition) is 3. The predicted octanol–water partition coefficient (Wildman–Crippen LogP) is 2.74.